The Morgan fingerprint density at radius 1 is 1.20 bits per heavy atom. The van der Waals surface area contributed by atoms with Gasteiger partial charge in [-0.15, -0.1) is 0 Å². The van der Waals surface area contributed by atoms with Gasteiger partial charge in [-0.2, -0.15) is 0 Å². The first-order chi connectivity index (χ1) is 11.7. The van der Waals surface area contributed by atoms with Crippen molar-refractivity contribution in [1.29, 1.82) is 0 Å². The molecule has 132 valence electrons. The van der Waals surface area contributed by atoms with Gasteiger partial charge in [-0.1, -0.05) is 35.3 Å². The molecule has 0 bridgehead atoms. The molecule has 25 heavy (non-hydrogen) atoms. The average Bonchev–Trinajstić information content (AvgIpc) is 2.45. The molecular weight excluding hydrogens is 359 g/mol. The highest BCUT2D eigenvalue weighted by molar-refractivity contribution is 6.36. The summed E-state index contributed by atoms with van der Waals surface area (Å²) in [7, 11) is 0. The molecule has 0 spiro atoms. The number of halogens is 2. The van der Waals surface area contributed by atoms with E-state index < -0.39 is 5.60 Å². The maximum Gasteiger partial charge on any atom is 0.410 e. The van der Waals surface area contributed by atoms with Crippen molar-refractivity contribution in [2.24, 2.45) is 0 Å². The predicted octanol–water partition coefficient (Wildman–Crippen LogP) is 5.39. The summed E-state index contributed by atoms with van der Waals surface area (Å²) in [5, 5.41) is 1.21. The summed E-state index contributed by atoms with van der Waals surface area (Å²) in [6.45, 7) is 6.85. The fourth-order valence-electron chi connectivity index (χ4n) is 2.67. The molecule has 0 atom stereocenters. The van der Waals surface area contributed by atoms with Crippen LogP contribution in [0.25, 0.3) is 11.1 Å². The van der Waals surface area contributed by atoms with Crippen molar-refractivity contribution in [3.63, 3.8) is 0 Å². The molecule has 1 fully saturated rings. The third kappa shape index (κ3) is 4.25. The Balaban J connectivity index is 1.64. The van der Waals surface area contributed by atoms with Gasteiger partial charge in [0.05, 0.1) is 0 Å². The normalized spacial score (nSPS) is 15.0. The number of nitrogens with zero attached hydrogens (tertiary/aromatic N) is 2. The molecule has 0 N–H and O–H groups in total. The Labute approximate surface area is 157 Å². The Kier molecular flexibility index (Phi) is 4.94. The summed E-state index contributed by atoms with van der Waals surface area (Å²) in [5.74, 6) is 0.238. The first kappa shape index (κ1) is 18.0. The van der Waals surface area contributed by atoms with Gasteiger partial charge >= 0.3 is 6.09 Å². The van der Waals surface area contributed by atoms with Crippen LogP contribution >= 0.6 is 23.2 Å². The molecule has 4 nitrogen and oxygen atoms in total. The van der Waals surface area contributed by atoms with Gasteiger partial charge in [0.25, 0.3) is 0 Å². The van der Waals surface area contributed by atoms with Gasteiger partial charge in [-0.05, 0) is 39.0 Å². The van der Waals surface area contributed by atoms with Crippen LogP contribution in [0.3, 0.4) is 0 Å². The van der Waals surface area contributed by atoms with E-state index in [1.165, 1.54) is 0 Å². The summed E-state index contributed by atoms with van der Waals surface area (Å²) in [4.78, 5) is 18.2. The smallest absolute Gasteiger partial charge is 0.410 e. The summed E-state index contributed by atoms with van der Waals surface area (Å²) in [6, 6.07) is 9.39. The van der Waals surface area contributed by atoms with Gasteiger partial charge in [0.15, 0.2) is 0 Å². The van der Waals surface area contributed by atoms with Crippen LogP contribution in [0.4, 0.5) is 4.79 Å². The van der Waals surface area contributed by atoms with E-state index in [-0.39, 0.29) is 12.0 Å². The Morgan fingerprint density at radius 2 is 1.92 bits per heavy atom. The van der Waals surface area contributed by atoms with E-state index in [1.54, 1.807) is 23.2 Å². The van der Waals surface area contributed by atoms with Crippen LogP contribution in [0.15, 0.2) is 36.5 Å². The van der Waals surface area contributed by atoms with Crippen molar-refractivity contribution >= 4 is 29.3 Å². The number of benzene rings is 1. The molecule has 3 rings (SSSR count). The third-order valence-electron chi connectivity index (χ3n) is 3.98. The lowest BCUT2D eigenvalue weighted by Gasteiger charge is -2.39. The van der Waals surface area contributed by atoms with E-state index in [0.717, 1.165) is 16.8 Å². The zero-order valence-corrected chi connectivity index (χ0v) is 15.9. The Morgan fingerprint density at radius 3 is 2.48 bits per heavy atom. The molecule has 1 aliphatic rings. The highest BCUT2D eigenvalue weighted by atomic mass is 35.5. The maximum absolute atomic E-state index is 12.0. The second kappa shape index (κ2) is 6.85. The van der Waals surface area contributed by atoms with Crippen LogP contribution in [0, 0.1) is 0 Å². The molecule has 2 heterocycles. The predicted molar refractivity (Wildman–Crippen MR) is 100 cm³/mol. The van der Waals surface area contributed by atoms with Crippen molar-refractivity contribution in [2.75, 3.05) is 13.1 Å². The zero-order valence-electron chi connectivity index (χ0n) is 14.4. The van der Waals surface area contributed by atoms with E-state index in [2.05, 4.69) is 4.98 Å². The topological polar surface area (TPSA) is 42.4 Å². The molecule has 0 aliphatic carbocycles. The van der Waals surface area contributed by atoms with Crippen LogP contribution in [-0.4, -0.2) is 34.7 Å². The molecular formula is C19H20Cl2N2O2. The minimum Gasteiger partial charge on any atom is -0.444 e. The van der Waals surface area contributed by atoms with Gasteiger partial charge in [-0.25, -0.2) is 4.79 Å². The van der Waals surface area contributed by atoms with Crippen molar-refractivity contribution in [3.8, 4) is 11.1 Å². The number of amides is 1. The summed E-state index contributed by atoms with van der Waals surface area (Å²) >= 11 is 12.2. The van der Waals surface area contributed by atoms with Crippen LogP contribution in [0.1, 0.15) is 32.4 Å². The number of aromatic nitrogens is 1. The lowest BCUT2D eigenvalue weighted by atomic mass is 9.95. The maximum atomic E-state index is 12.0. The first-order valence-corrected chi connectivity index (χ1v) is 8.88. The Bertz CT molecular complexity index is 779. The lowest BCUT2D eigenvalue weighted by molar-refractivity contribution is 0.00788. The van der Waals surface area contributed by atoms with Crippen molar-refractivity contribution < 1.29 is 9.53 Å². The Hall–Kier alpha value is -1.78. The van der Waals surface area contributed by atoms with Crippen molar-refractivity contribution in [3.05, 3.63) is 52.3 Å². The van der Waals surface area contributed by atoms with Crippen molar-refractivity contribution in [1.82, 2.24) is 9.88 Å². The van der Waals surface area contributed by atoms with Gasteiger partial charge in [-0.3, -0.25) is 4.98 Å². The molecule has 6 heteroatoms. The molecule has 1 aromatic carbocycles. The molecule has 0 saturated carbocycles. The summed E-state index contributed by atoms with van der Waals surface area (Å²) in [5.41, 5.74) is 2.33. The quantitative estimate of drug-likeness (QED) is 0.703. The fourth-order valence-corrected chi connectivity index (χ4v) is 3.19. The molecule has 1 aromatic heterocycles. The van der Waals surface area contributed by atoms with Crippen LogP contribution in [-0.2, 0) is 4.74 Å². The number of hydrogen-bond donors (Lipinski definition) is 0. The number of pyridine rings is 1. The van der Waals surface area contributed by atoms with E-state index in [1.807, 2.05) is 39.0 Å². The molecule has 2 aromatic rings. The molecule has 0 radical (unpaired) electrons. The van der Waals surface area contributed by atoms with Crippen LogP contribution in [0.2, 0.25) is 10.0 Å². The standard InChI is InChI=1S/C19H20Cl2N2O2/c1-19(2,3)25-18(24)23-10-13(11-23)17-7-4-12(9-22-17)15-6-5-14(20)8-16(15)21/h4-9,13H,10-11H2,1-3H3. The molecule has 1 amide bonds. The first-order valence-electron chi connectivity index (χ1n) is 8.12. The minimum absolute atomic E-state index is 0.238. The molecule has 0 unspecified atom stereocenters. The number of ether oxygens (including phenoxy) is 1. The monoisotopic (exact) mass is 378 g/mol. The number of likely N-dealkylation sites (tertiary alicyclic amines) is 1. The van der Waals surface area contributed by atoms with Crippen molar-refractivity contribution in [2.45, 2.75) is 32.3 Å². The van der Waals surface area contributed by atoms with Crippen LogP contribution < -0.4 is 0 Å². The lowest BCUT2D eigenvalue weighted by Crippen LogP contribution is -2.50. The number of hydrogen-bond acceptors (Lipinski definition) is 3. The van der Waals surface area contributed by atoms with Gasteiger partial charge < -0.3 is 9.64 Å². The van der Waals surface area contributed by atoms with Crippen LogP contribution in [0.5, 0.6) is 0 Å². The highest BCUT2D eigenvalue weighted by Crippen LogP contribution is 2.32. The number of rotatable bonds is 2. The largest absolute Gasteiger partial charge is 0.444 e. The van der Waals surface area contributed by atoms with Gasteiger partial charge in [0.1, 0.15) is 5.60 Å². The van der Waals surface area contributed by atoms with Gasteiger partial charge in [0.2, 0.25) is 0 Å². The van der Waals surface area contributed by atoms with E-state index in [0.29, 0.717) is 23.1 Å². The summed E-state index contributed by atoms with van der Waals surface area (Å²) < 4.78 is 5.37. The summed E-state index contributed by atoms with van der Waals surface area (Å²) in [6.07, 6.45) is 1.54. The SMILES string of the molecule is CC(C)(C)OC(=O)N1CC(c2ccc(-c3ccc(Cl)cc3Cl)cn2)C1. The number of carbonyl (C=O) groups excluding carboxylic acids is 1. The molecule has 1 saturated heterocycles. The highest BCUT2D eigenvalue weighted by Gasteiger charge is 2.35. The third-order valence-corrected chi connectivity index (χ3v) is 4.53. The second-order valence-corrected chi connectivity index (χ2v) is 8.02. The number of carbonyl (C=O) groups is 1. The molecule has 1 aliphatic heterocycles. The van der Waals surface area contributed by atoms with E-state index >= 15 is 0 Å². The fraction of sp³-hybridized carbons (Fsp3) is 0.368. The zero-order chi connectivity index (χ0) is 18.2. The minimum atomic E-state index is -0.472. The van der Waals surface area contributed by atoms with E-state index in [4.69, 9.17) is 27.9 Å². The second-order valence-electron chi connectivity index (χ2n) is 7.18. The van der Waals surface area contributed by atoms with Gasteiger partial charge in [0, 0.05) is 52.1 Å². The van der Waals surface area contributed by atoms with E-state index in [9.17, 15) is 4.79 Å². The average molecular weight is 379 g/mol.